The summed E-state index contributed by atoms with van der Waals surface area (Å²) in [4.78, 5) is 1.88. The molecule has 20 heavy (non-hydrogen) atoms. The summed E-state index contributed by atoms with van der Waals surface area (Å²) in [5.41, 5.74) is 8.19. The number of aliphatic hydroxyl groups excluding tert-OH is 1. The fourth-order valence-electron chi connectivity index (χ4n) is 2.03. The number of rotatable bonds is 5. The highest BCUT2D eigenvalue weighted by molar-refractivity contribution is 14.1. The van der Waals surface area contributed by atoms with Gasteiger partial charge in [-0.1, -0.05) is 30.3 Å². The summed E-state index contributed by atoms with van der Waals surface area (Å²) >= 11 is 1.91. The Bertz CT molecular complexity index is 578. The van der Waals surface area contributed by atoms with Crippen LogP contribution in [0.4, 0.5) is 15.8 Å². The zero-order chi connectivity index (χ0) is 14.5. The molecule has 0 atom stereocenters. The average Bonchev–Trinajstić information content (AvgIpc) is 2.44. The summed E-state index contributed by atoms with van der Waals surface area (Å²) < 4.78 is 14.2. The van der Waals surface area contributed by atoms with Crippen molar-refractivity contribution in [3.63, 3.8) is 0 Å². The summed E-state index contributed by atoms with van der Waals surface area (Å²) in [6, 6.07) is 12.9. The fraction of sp³-hybridized carbons (Fsp3) is 0.200. The minimum atomic E-state index is -0.300. The van der Waals surface area contributed by atoms with Gasteiger partial charge in [0.25, 0.3) is 0 Å². The summed E-state index contributed by atoms with van der Waals surface area (Å²) in [5.74, 6) is -0.300. The molecule has 0 spiro atoms. The Kier molecular flexibility index (Phi) is 5.19. The molecule has 0 aliphatic heterocycles. The molecular weight excluding hydrogens is 370 g/mol. The number of halogens is 2. The first kappa shape index (κ1) is 15.1. The number of nitrogens with zero attached hydrogens (tertiary/aromatic N) is 1. The first-order valence-electron chi connectivity index (χ1n) is 6.26. The molecule has 0 radical (unpaired) electrons. The molecule has 0 saturated heterocycles. The van der Waals surface area contributed by atoms with Crippen LogP contribution in [-0.2, 0) is 6.54 Å². The van der Waals surface area contributed by atoms with E-state index in [1.54, 1.807) is 6.07 Å². The molecule has 0 heterocycles. The van der Waals surface area contributed by atoms with Crippen molar-refractivity contribution >= 4 is 34.0 Å². The van der Waals surface area contributed by atoms with Crippen LogP contribution in [0.3, 0.4) is 0 Å². The van der Waals surface area contributed by atoms with E-state index in [1.165, 1.54) is 6.07 Å². The van der Waals surface area contributed by atoms with Crippen LogP contribution in [-0.4, -0.2) is 18.3 Å². The average molecular weight is 386 g/mol. The van der Waals surface area contributed by atoms with Crippen molar-refractivity contribution in [1.29, 1.82) is 0 Å². The first-order chi connectivity index (χ1) is 9.61. The predicted octanol–water partition coefficient (Wildman–Crippen LogP) is 3.01. The van der Waals surface area contributed by atoms with Crippen LogP contribution < -0.4 is 10.6 Å². The molecule has 3 nitrogen and oxygen atoms in total. The van der Waals surface area contributed by atoms with Crippen LogP contribution in [0.2, 0.25) is 0 Å². The molecule has 0 aliphatic carbocycles. The second kappa shape index (κ2) is 6.90. The SMILES string of the molecule is Nc1cc(I)c(F)cc1N(CCO)Cc1ccccc1. The highest BCUT2D eigenvalue weighted by Crippen LogP contribution is 2.28. The number of hydrogen-bond donors (Lipinski definition) is 2. The number of benzene rings is 2. The molecule has 0 fully saturated rings. The van der Waals surface area contributed by atoms with E-state index in [0.717, 1.165) is 5.56 Å². The lowest BCUT2D eigenvalue weighted by atomic mass is 10.2. The van der Waals surface area contributed by atoms with E-state index in [1.807, 2.05) is 57.8 Å². The third kappa shape index (κ3) is 3.61. The van der Waals surface area contributed by atoms with E-state index in [0.29, 0.717) is 28.0 Å². The molecule has 0 unspecified atom stereocenters. The number of aliphatic hydroxyl groups is 1. The highest BCUT2D eigenvalue weighted by Gasteiger charge is 2.13. The lowest BCUT2D eigenvalue weighted by Gasteiger charge is -2.25. The van der Waals surface area contributed by atoms with E-state index >= 15 is 0 Å². The van der Waals surface area contributed by atoms with Crippen LogP contribution in [0.15, 0.2) is 42.5 Å². The van der Waals surface area contributed by atoms with Gasteiger partial charge in [0.1, 0.15) is 5.82 Å². The van der Waals surface area contributed by atoms with Gasteiger partial charge >= 0.3 is 0 Å². The summed E-state index contributed by atoms with van der Waals surface area (Å²) in [7, 11) is 0. The number of hydrogen-bond acceptors (Lipinski definition) is 3. The largest absolute Gasteiger partial charge is 0.397 e. The van der Waals surface area contributed by atoms with Gasteiger partial charge in [-0.3, -0.25) is 0 Å². The van der Waals surface area contributed by atoms with Gasteiger partial charge in [-0.25, -0.2) is 4.39 Å². The van der Waals surface area contributed by atoms with Crippen molar-refractivity contribution < 1.29 is 9.50 Å². The van der Waals surface area contributed by atoms with Crippen LogP contribution in [0, 0.1) is 9.39 Å². The number of nitrogen functional groups attached to an aromatic ring is 1. The van der Waals surface area contributed by atoms with Crippen LogP contribution in [0.25, 0.3) is 0 Å². The topological polar surface area (TPSA) is 49.5 Å². The quantitative estimate of drug-likeness (QED) is 0.614. The van der Waals surface area contributed by atoms with Crippen molar-refractivity contribution in [2.75, 3.05) is 23.8 Å². The van der Waals surface area contributed by atoms with Crippen molar-refractivity contribution in [1.82, 2.24) is 0 Å². The maximum absolute atomic E-state index is 13.7. The van der Waals surface area contributed by atoms with E-state index in [-0.39, 0.29) is 12.4 Å². The molecule has 2 aromatic carbocycles. The second-order valence-electron chi connectivity index (χ2n) is 4.46. The Morgan fingerprint density at radius 3 is 2.55 bits per heavy atom. The van der Waals surface area contributed by atoms with Gasteiger partial charge < -0.3 is 15.7 Å². The second-order valence-corrected chi connectivity index (χ2v) is 5.62. The Morgan fingerprint density at radius 2 is 1.90 bits per heavy atom. The highest BCUT2D eigenvalue weighted by atomic mass is 127. The third-order valence-electron chi connectivity index (χ3n) is 3.00. The van der Waals surface area contributed by atoms with Gasteiger partial charge in [0.15, 0.2) is 0 Å². The zero-order valence-corrected chi connectivity index (χ0v) is 13.0. The van der Waals surface area contributed by atoms with Gasteiger partial charge in [0.05, 0.1) is 21.6 Å². The zero-order valence-electron chi connectivity index (χ0n) is 10.9. The van der Waals surface area contributed by atoms with Gasteiger partial charge in [-0.15, -0.1) is 0 Å². The van der Waals surface area contributed by atoms with Crippen LogP contribution in [0.5, 0.6) is 0 Å². The van der Waals surface area contributed by atoms with Crippen LogP contribution >= 0.6 is 22.6 Å². The van der Waals surface area contributed by atoms with E-state index < -0.39 is 0 Å². The number of anilines is 2. The maximum Gasteiger partial charge on any atom is 0.138 e. The Morgan fingerprint density at radius 1 is 1.20 bits per heavy atom. The Labute approximate surface area is 131 Å². The monoisotopic (exact) mass is 386 g/mol. The van der Waals surface area contributed by atoms with Crippen molar-refractivity contribution in [3.8, 4) is 0 Å². The molecule has 3 N–H and O–H groups in total. The molecule has 5 heteroatoms. The normalized spacial score (nSPS) is 10.6. The van der Waals surface area contributed by atoms with Gasteiger partial charge in [-0.05, 0) is 34.2 Å². The van der Waals surface area contributed by atoms with Crippen molar-refractivity contribution in [3.05, 3.63) is 57.4 Å². The molecule has 0 saturated carbocycles. The molecule has 0 amide bonds. The lowest BCUT2D eigenvalue weighted by molar-refractivity contribution is 0.301. The summed E-state index contributed by atoms with van der Waals surface area (Å²) in [5, 5.41) is 9.21. The van der Waals surface area contributed by atoms with Crippen molar-refractivity contribution in [2.24, 2.45) is 0 Å². The summed E-state index contributed by atoms with van der Waals surface area (Å²) in [6.45, 7) is 0.963. The molecule has 106 valence electrons. The number of nitrogens with two attached hydrogens (primary N) is 1. The summed E-state index contributed by atoms with van der Waals surface area (Å²) in [6.07, 6.45) is 0. The Hall–Kier alpha value is -1.34. The minimum Gasteiger partial charge on any atom is -0.397 e. The molecule has 2 rings (SSSR count). The maximum atomic E-state index is 13.7. The smallest absolute Gasteiger partial charge is 0.138 e. The molecule has 2 aromatic rings. The standard InChI is InChI=1S/C15H16FIN2O/c16-12-8-15(14(18)9-13(12)17)19(6-7-20)10-11-4-2-1-3-5-11/h1-5,8-9,20H,6-7,10,18H2. The first-order valence-corrected chi connectivity index (χ1v) is 7.34. The van der Waals surface area contributed by atoms with E-state index in [2.05, 4.69) is 0 Å². The fourth-order valence-corrected chi connectivity index (χ4v) is 2.53. The van der Waals surface area contributed by atoms with Crippen molar-refractivity contribution in [2.45, 2.75) is 6.54 Å². The molecular formula is C15H16FIN2O. The van der Waals surface area contributed by atoms with Gasteiger partial charge in [0.2, 0.25) is 0 Å². The molecule has 0 aliphatic rings. The minimum absolute atomic E-state index is 0.0140. The van der Waals surface area contributed by atoms with Gasteiger partial charge in [-0.2, -0.15) is 0 Å². The predicted molar refractivity (Wildman–Crippen MR) is 88.1 cm³/mol. The Balaban J connectivity index is 2.31. The molecule has 0 aromatic heterocycles. The molecule has 0 bridgehead atoms. The van der Waals surface area contributed by atoms with Gasteiger partial charge in [0, 0.05) is 19.2 Å². The van der Waals surface area contributed by atoms with E-state index in [9.17, 15) is 9.50 Å². The third-order valence-corrected chi connectivity index (χ3v) is 3.82. The van der Waals surface area contributed by atoms with E-state index in [4.69, 9.17) is 5.73 Å². The lowest BCUT2D eigenvalue weighted by Crippen LogP contribution is -2.27. The van der Waals surface area contributed by atoms with Crippen LogP contribution in [0.1, 0.15) is 5.56 Å².